The molecule has 2 aliphatic rings. The summed E-state index contributed by atoms with van der Waals surface area (Å²) in [5.74, 6) is 0.181. The third kappa shape index (κ3) is 5.86. The summed E-state index contributed by atoms with van der Waals surface area (Å²) in [5, 5.41) is 6.35. The summed E-state index contributed by atoms with van der Waals surface area (Å²) in [6.07, 6.45) is 5.99. The topological polar surface area (TPSA) is 44.4 Å². The largest absolute Gasteiger partial charge is 0.353 e. The SMILES string of the molecule is CC(CNC(=O)[C@@H]1CCCCN1)N(C)C1CC1.Cl.Cl. The lowest BCUT2D eigenvalue weighted by molar-refractivity contribution is -0.123. The Hall–Kier alpha value is -0.0300. The highest BCUT2D eigenvalue weighted by atomic mass is 35.5. The van der Waals surface area contributed by atoms with E-state index in [4.69, 9.17) is 0 Å². The van der Waals surface area contributed by atoms with E-state index in [1.165, 1.54) is 25.7 Å². The van der Waals surface area contributed by atoms with Gasteiger partial charge in [-0.2, -0.15) is 0 Å². The minimum Gasteiger partial charge on any atom is -0.353 e. The molecule has 1 unspecified atom stereocenters. The van der Waals surface area contributed by atoms with Crippen molar-refractivity contribution < 1.29 is 4.79 Å². The van der Waals surface area contributed by atoms with Gasteiger partial charge in [-0.25, -0.2) is 0 Å². The molecule has 1 amide bonds. The minimum atomic E-state index is 0. The molecule has 114 valence electrons. The normalized spacial score (nSPS) is 24.1. The zero-order valence-electron chi connectivity index (χ0n) is 11.9. The lowest BCUT2D eigenvalue weighted by Gasteiger charge is -2.27. The lowest BCUT2D eigenvalue weighted by Crippen LogP contribution is -2.49. The molecule has 1 heterocycles. The Morgan fingerprint density at radius 2 is 2.00 bits per heavy atom. The monoisotopic (exact) mass is 311 g/mol. The van der Waals surface area contributed by atoms with Gasteiger partial charge in [0.25, 0.3) is 0 Å². The van der Waals surface area contributed by atoms with Gasteiger partial charge in [-0.05, 0) is 46.2 Å². The van der Waals surface area contributed by atoms with E-state index in [2.05, 4.69) is 29.5 Å². The summed E-state index contributed by atoms with van der Waals surface area (Å²) in [6.45, 7) is 3.94. The molecule has 6 heteroatoms. The van der Waals surface area contributed by atoms with Crippen molar-refractivity contribution in [3.63, 3.8) is 0 Å². The summed E-state index contributed by atoms with van der Waals surface area (Å²) >= 11 is 0. The molecule has 0 radical (unpaired) electrons. The minimum absolute atomic E-state index is 0. The fourth-order valence-corrected chi connectivity index (χ4v) is 2.43. The molecule has 1 aliphatic carbocycles. The Kier molecular flexibility index (Phi) is 8.99. The Morgan fingerprint density at radius 1 is 1.32 bits per heavy atom. The van der Waals surface area contributed by atoms with E-state index in [0.29, 0.717) is 6.04 Å². The first-order valence-electron chi connectivity index (χ1n) is 6.91. The van der Waals surface area contributed by atoms with Crippen molar-refractivity contribution in [2.24, 2.45) is 0 Å². The van der Waals surface area contributed by atoms with E-state index < -0.39 is 0 Å². The van der Waals surface area contributed by atoms with Crippen molar-refractivity contribution in [1.29, 1.82) is 0 Å². The van der Waals surface area contributed by atoms with Crippen molar-refractivity contribution in [2.75, 3.05) is 20.1 Å². The Labute approximate surface area is 128 Å². The number of halogens is 2. The van der Waals surface area contributed by atoms with E-state index in [-0.39, 0.29) is 36.8 Å². The number of rotatable bonds is 5. The number of carbonyl (C=O) groups is 1. The van der Waals surface area contributed by atoms with Crippen molar-refractivity contribution in [3.05, 3.63) is 0 Å². The highest BCUT2D eigenvalue weighted by Gasteiger charge is 2.29. The number of amides is 1. The van der Waals surface area contributed by atoms with Gasteiger partial charge in [-0.15, -0.1) is 24.8 Å². The lowest BCUT2D eigenvalue weighted by atomic mass is 10.0. The highest BCUT2D eigenvalue weighted by Crippen LogP contribution is 2.26. The second-order valence-electron chi connectivity index (χ2n) is 5.49. The van der Waals surface area contributed by atoms with Crippen molar-refractivity contribution >= 4 is 30.7 Å². The molecule has 2 atom stereocenters. The third-order valence-corrected chi connectivity index (χ3v) is 4.02. The molecule has 2 rings (SSSR count). The average molecular weight is 312 g/mol. The Bertz CT molecular complexity index is 269. The summed E-state index contributed by atoms with van der Waals surface area (Å²) in [4.78, 5) is 14.3. The average Bonchev–Trinajstić information content (AvgIpc) is 3.20. The van der Waals surface area contributed by atoms with Crippen LogP contribution in [0, 0.1) is 0 Å². The van der Waals surface area contributed by atoms with Gasteiger partial charge in [0, 0.05) is 18.6 Å². The first-order chi connectivity index (χ1) is 8.18. The van der Waals surface area contributed by atoms with Gasteiger partial charge in [0.15, 0.2) is 0 Å². The van der Waals surface area contributed by atoms with Crippen LogP contribution < -0.4 is 10.6 Å². The molecule has 0 spiro atoms. The van der Waals surface area contributed by atoms with E-state index in [1.54, 1.807) is 0 Å². The fourth-order valence-electron chi connectivity index (χ4n) is 2.43. The molecule has 0 aromatic heterocycles. The number of nitrogens with zero attached hydrogens (tertiary/aromatic N) is 1. The van der Waals surface area contributed by atoms with Gasteiger partial charge >= 0.3 is 0 Å². The molecular weight excluding hydrogens is 285 g/mol. The third-order valence-electron chi connectivity index (χ3n) is 4.02. The van der Waals surface area contributed by atoms with Gasteiger partial charge < -0.3 is 10.6 Å². The number of hydrogen-bond acceptors (Lipinski definition) is 3. The number of hydrogen-bond donors (Lipinski definition) is 2. The Morgan fingerprint density at radius 3 is 2.53 bits per heavy atom. The van der Waals surface area contributed by atoms with Gasteiger partial charge in [0.2, 0.25) is 5.91 Å². The van der Waals surface area contributed by atoms with Crippen LogP contribution in [0.15, 0.2) is 0 Å². The zero-order valence-corrected chi connectivity index (χ0v) is 13.5. The van der Waals surface area contributed by atoms with Gasteiger partial charge in [0.05, 0.1) is 6.04 Å². The molecule has 0 aromatic carbocycles. The molecular formula is C13H27Cl2N3O. The Balaban J connectivity index is 0.00000162. The van der Waals surface area contributed by atoms with Crippen LogP contribution in [0.3, 0.4) is 0 Å². The smallest absolute Gasteiger partial charge is 0.237 e. The maximum atomic E-state index is 11.9. The van der Waals surface area contributed by atoms with Crippen LogP contribution in [0.4, 0.5) is 0 Å². The van der Waals surface area contributed by atoms with Crippen LogP contribution >= 0.6 is 24.8 Å². The predicted molar refractivity (Wildman–Crippen MR) is 83.4 cm³/mol. The fraction of sp³-hybridized carbons (Fsp3) is 0.923. The van der Waals surface area contributed by atoms with Crippen LogP contribution in [0.25, 0.3) is 0 Å². The van der Waals surface area contributed by atoms with Gasteiger partial charge in [-0.3, -0.25) is 9.69 Å². The number of nitrogens with one attached hydrogen (secondary N) is 2. The standard InChI is InChI=1S/C13H25N3O.2ClH/c1-10(16(2)11-6-7-11)9-15-13(17)12-5-3-4-8-14-12;;/h10-12,14H,3-9H2,1-2H3,(H,15,17);2*1H/t10?,12-;;/m0../s1. The van der Waals surface area contributed by atoms with E-state index in [0.717, 1.165) is 25.6 Å². The highest BCUT2D eigenvalue weighted by molar-refractivity contribution is 5.85. The molecule has 0 aromatic rings. The number of likely N-dealkylation sites (N-methyl/N-ethyl adjacent to an activating group) is 1. The van der Waals surface area contributed by atoms with Gasteiger partial charge in [-0.1, -0.05) is 6.42 Å². The van der Waals surface area contributed by atoms with Crippen LogP contribution in [0.1, 0.15) is 39.0 Å². The summed E-state index contributed by atoms with van der Waals surface area (Å²) in [5.41, 5.74) is 0. The second kappa shape index (κ2) is 9.01. The first kappa shape index (κ1) is 19.0. The molecule has 1 saturated heterocycles. The predicted octanol–water partition coefficient (Wildman–Crippen LogP) is 1.57. The molecule has 0 bridgehead atoms. The molecule has 2 fully saturated rings. The van der Waals surface area contributed by atoms with Crippen LogP contribution in [0.5, 0.6) is 0 Å². The molecule has 1 aliphatic heterocycles. The van der Waals surface area contributed by atoms with Crippen molar-refractivity contribution in [1.82, 2.24) is 15.5 Å². The van der Waals surface area contributed by atoms with Crippen molar-refractivity contribution in [2.45, 2.75) is 57.2 Å². The molecule has 2 N–H and O–H groups in total. The first-order valence-corrected chi connectivity index (χ1v) is 6.91. The van der Waals surface area contributed by atoms with Crippen molar-refractivity contribution in [3.8, 4) is 0 Å². The summed E-state index contributed by atoms with van der Waals surface area (Å²) in [6, 6.07) is 1.24. The summed E-state index contributed by atoms with van der Waals surface area (Å²) < 4.78 is 0. The van der Waals surface area contributed by atoms with Crippen LogP contribution in [0.2, 0.25) is 0 Å². The number of piperidine rings is 1. The van der Waals surface area contributed by atoms with E-state index in [9.17, 15) is 4.79 Å². The van der Waals surface area contributed by atoms with Crippen LogP contribution in [-0.4, -0.2) is 49.1 Å². The summed E-state index contributed by atoms with van der Waals surface area (Å²) in [7, 11) is 2.16. The zero-order chi connectivity index (χ0) is 12.3. The van der Waals surface area contributed by atoms with Gasteiger partial charge in [0.1, 0.15) is 0 Å². The van der Waals surface area contributed by atoms with E-state index in [1.807, 2.05) is 0 Å². The number of carbonyl (C=O) groups excluding carboxylic acids is 1. The second-order valence-corrected chi connectivity index (χ2v) is 5.49. The molecule has 19 heavy (non-hydrogen) atoms. The molecule has 1 saturated carbocycles. The quantitative estimate of drug-likeness (QED) is 0.810. The van der Waals surface area contributed by atoms with E-state index >= 15 is 0 Å². The molecule has 4 nitrogen and oxygen atoms in total. The maximum absolute atomic E-state index is 11.9. The van der Waals surface area contributed by atoms with Crippen LogP contribution in [-0.2, 0) is 4.79 Å². The maximum Gasteiger partial charge on any atom is 0.237 e.